The number of aryl methyl sites for hydroxylation is 1. The molecule has 7 heteroatoms. The van der Waals surface area contributed by atoms with Crippen molar-refractivity contribution in [2.75, 3.05) is 18.0 Å². The van der Waals surface area contributed by atoms with Crippen LogP contribution in [0.2, 0.25) is 0 Å². The van der Waals surface area contributed by atoms with Gasteiger partial charge in [-0.2, -0.15) is 0 Å². The fraction of sp³-hybridized carbons (Fsp3) is 0.438. The fourth-order valence-electron chi connectivity index (χ4n) is 2.54. The van der Waals surface area contributed by atoms with Crippen LogP contribution in [-0.4, -0.2) is 29.1 Å². The molecule has 2 N–H and O–H groups in total. The molecule has 23 heavy (non-hydrogen) atoms. The monoisotopic (exact) mass is 331 g/mol. The first-order valence-corrected chi connectivity index (χ1v) is 8.71. The number of nitrogens with one attached hydrogen (secondary N) is 2. The Labute approximate surface area is 140 Å². The SMILES string of the molecule is Cc1csc(CNC(=O)NCc2ccc(N3CCCC3)nc2)n1. The maximum Gasteiger partial charge on any atom is 0.315 e. The van der Waals surface area contributed by atoms with Gasteiger partial charge in [0, 0.05) is 36.9 Å². The van der Waals surface area contributed by atoms with Gasteiger partial charge >= 0.3 is 6.03 Å². The van der Waals surface area contributed by atoms with Crippen LogP contribution in [0.5, 0.6) is 0 Å². The quantitative estimate of drug-likeness (QED) is 0.883. The van der Waals surface area contributed by atoms with E-state index in [-0.39, 0.29) is 6.03 Å². The largest absolute Gasteiger partial charge is 0.357 e. The Hall–Kier alpha value is -2.15. The zero-order chi connectivity index (χ0) is 16.1. The number of aromatic nitrogens is 2. The van der Waals surface area contributed by atoms with Gasteiger partial charge in [0.1, 0.15) is 10.8 Å². The highest BCUT2D eigenvalue weighted by atomic mass is 32.1. The van der Waals surface area contributed by atoms with Gasteiger partial charge in [-0.3, -0.25) is 0 Å². The number of carbonyl (C=O) groups excluding carboxylic acids is 1. The average molecular weight is 331 g/mol. The summed E-state index contributed by atoms with van der Waals surface area (Å²) in [7, 11) is 0. The number of hydrogen-bond donors (Lipinski definition) is 2. The highest BCUT2D eigenvalue weighted by Gasteiger charge is 2.13. The molecule has 2 amide bonds. The second-order valence-electron chi connectivity index (χ2n) is 5.64. The summed E-state index contributed by atoms with van der Waals surface area (Å²) in [6, 6.07) is 3.85. The minimum absolute atomic E-state index is 0.193. The van der Waals surface area contributed by atoms with Gasteiger partial charge in [0.25, 0.3) is 0 Å². The topological polar surface area (TPSA) is 70.2 Å². The van der Waals surface area contributed by atoms with Crippen molar-refractivity contribution < 1.29 is 4.79 Å². The summed E-state index contributed by atoms with van der Waals surface area (Å²) in [5, 5.41) is 8.53. The molecule has 6 nitrogen and oxygen atoms in total. The summed E-state index contributed by atoms with van der Waals surface area (Å²) < 4.78 is 0. The van der Waals surface area contributed by atoms with E-state index in [1.54, 1.807) is 11.3 Å². The van der Waals surface area contributed by atoms with Gasteiger partial charge in [0.2, 0.25) is 0 Å². The molecule has 1 aliphatic rings. The van der Waals surface area contributed by atoms with E-state index < -0.39 is 0 Å². The van der Waals surface area contributed by atoms with E-state index >= 15 is 0 Å². The van der Waals surface area contributed by atoms with Crippen LogP contribution in [0.4, 0.5) is 10.6 Å². The molecule has 3 rings (SSSR count). The van der Waals surface area contributed by atoms with Gasteiger partial charge in [-0.25, -0.2) is 14.8 Å². The molecule has 0 radical (unpaired) electrons. The molecule has 0 aromatic carbocycles. The fourth-order valence-corrected chi connectivity index (χ4v) is 3.25. The van der Waals surface area contributed by atoms with Crippen molar-refractivity contribution in [1.29, 1.82) is 0 Å². The summed E-state index contributed by atoms with van der Waals surface area (Å²) >= 11 is 1.55. The van der Waals surface area contributed by atoms with Crippen molar-refractivity contribution in [2.45, 2.75) is 32.9 Å². The Morgan fingerprint density at radius 2 is 2.04 bits per heavy atom. The Bertz CT molecular complexity index is 649. The summed E-state index contributed by atoms with van der Waals surface area (Å²) in [5.41, 5.74) is 1.98. The lowest BCUT2D eigenvalue weighted by atomic mass is 10.3. The van der Waals surface area contributed by atoms with Crippen molar-refractivity contribution >= 4 is 23.2 Å². The van der Waals surface area contributed by atoms with Gasteiger partial charge in [-0.15, -0.1) is 11.3 Å². The van der Waals surface area contributed by atoms with Crippen LogP contribution in [-0.2, 0) is 13.1 Å². The van der Waals surface area contributed by atoms with Crippen molar-refractivity contribution in [1.82, 2.24) is 20.6 Å². The molecule has 0 saturated carbocycles. The van der Waals surface area contributed by atoms with E-state index in [9.17, 15) is 4.79 Å². The molecule has 122 valence electrons. The molecule has 1 saturated heterocycles. The Balaban J connectivity index is 1.43. The first-order chi connectivity index (χ1) is 11.2. The van der Waals surface area contributed by atoms with Gasteiger partial charge in [0.15, 0.2) is 0 Å². The highest BCUT2D eigenvalue weighted by Crippen LogP contribution is 2.17. The van der Waals surface area contributed by atoms with E-state index in [0.29, 0.717) is 13.1 Å². The van der Waals surface area contributed by atoms with E-state index in [4.69, 9.17) is 0 Å². The number of hydrogen-bond acceptors (Lipinski definition) is 5. The van der Waals surface area contributed by atoms with E-state index in [1.165, 1.54) is 12.8 Å². The minimum Gasteiger partial charge on any atom is -0.357 e. The van der Waals surface area contributed by atoms with Gasteiger partial charge in [-0.05, 0) is 31.4 Å². The van der Waals surface area contributed by atoms with Gasteiger partial charge < -0.3 is 15.5 Å². The summed E-state index contributed by atoms with van der Waals surface area (Å²) in [4.78, 5) is 22.9. The zero-order valence-corrected chi connectivity index (χ0v) is 14.0. The maximum atomic E-state index is 11.8. The average Bonchev–Trinajstić information content (AvgIpc) is 3.23. The Morgan fingerprint density at radius 1 is 1.26 bits per heavy atom. The van der Waals surface area contributed by atoms with Crippen LogP contribution in [0.1, 0.15) is 29.1 Å². The molecule has 0 atom stereocenters. The maximum absolute atomic E-state index is 11.8. The van der Waals surface area contributed by atoms with Crippen molar-refractivity contribution in [3.8, 4) is 0 Å². The number of rotatable bonds is 5. The second kappa shape index (κ2) is 7.41. The molecular formula is C16H21N5OS. The van der Waals surface area contributed by atoms with Crippen LogP contribution in [0.25, 0.3) is 0 Å². The molecule has 1 aliphatic heterocycles. The first kappa shape index (κ1) is 15.7. The summed E-state index contributed by atoms with van der Waals surface area (Å²) in [5.74, 6) is 1.02. The number of pyridine rings is 1. The van der Waals surface area contributed by atoms with Crippen LogP contribution < -0.4 is 15.5 Å². The third kappa shape index (κ3) is 4.41. The van der Waals surface area contributed by atoms with Crippen LogP contribution >= 0.6 is 11.3 Å². The highest BCUT2D eigenvalue weighted by molar-refractivity contribution is 7.09. The molecular weight excluding hydrogens is 310 g/mol. The molecule has 0 unspecified atom stereocenters. The number of thiazole rings is 1. The third-order valence-electron chi connectivity index (χ3n) is 3.76. The summed E-state index contributed by atoms with van der Waals surface area (Å²) in [6.07, 6.45) is 4.31. The predicted molar refractivity (Wildman–Crippen MR) is 91.6 cm³/mol. The van der Waals surface area contributed by atoms with Crippen molar-refractivity contribution in [3.05, 3.63) is 40.0 Å². The van der Waals surface area contributed by atoms with Crippen molar-refractivity contribution in [2.24, 2.45) is 0 Å². The van der Waals surface area contributed by atoms with Crippen LogP contribution in [0, 0.1) is 6.92 Å². The number of amides is 2. The molecule has 1 fully saturated rings. The number of carbonyl (C=O) groups is 1. The first-order valence-electron chi connectivity index (χ1n) is 7.83. The summed E-state index contributed by atoms with van der Waals surface area (Å²) in [6.45, 7) is 5.04. The molecule has 2 aromatic rings. The van der Waals surface area contributed by atoms with Gasteiger partial charge in [0.05, 0.1) is 6.54 Å². The van der Waals surface area contributed by atoms with E-state index in [0.717, 1.165) is 35.2 Å². The molecule has 3 heterocycles. The van der Waals surface area contributed by atoms with Crippen LogP contribution in [0.3, 0.4) is 0 Å². The Kier molecular flexibility index (Phi) is 5.07. The molecule has 0 aliphatic carbocycles. The lowest BCUT2D eigenvalue weighted by Crippen LogP contribution is -2.34. The van der Waals surface area contributed by atoms with Crippen LogP contribution in [0.15, 0.2) is 23.7 Å². The molecule has 0 bridgehead atoms. The van der Waals surface area contributed by atoms with E-state index in [1.807, 2.05) is 30.6 Å². The predicted octanol–water partition coefficient (Wildman–Crippen LogP) is 2.45. The smallest absolute Gasteiger partial charge is 0.315 e. The number of urea groups is 1. The molecule has 0 spiro atoms. The Morgan fingerprint density at radius 3 is 2.70 bits per heavy atom. The number of nitrogens with zero attached hydrogens (tertiary/aromatic N) is 3. The lowest BCUT2D eigenvalue weighted by Gasteiger charge is -2.16. The minimum atomic E-state index is -0.193. The van der Waals surface area contributed by atoms with E-state index in [2.05, 4.69) is 25.5 Å². The second-order valence-corrected chi connectivity index (χ2v) is 6.58. The van der Waals surface area contributed by atoms with Crippen molar-refractivity contribution in [3.63, 3.8) is 0 Å². The molecule has 2 aromatic heterocycles. The lowest BCUT2D eigenvalue weighted by molar-refractivity contribution is 0.240. The normalized spacial score (nSPS) is 14.0. The number of anilines is 1. The van der Waals surface area contributed by atoms with Gasteiger partial charge in [-0.1, -0.05) is 6.07 Å². The third-order valence-corrected chi connectivity index (χ3v) is 4.73. The zero-order valence-electron chi connectivity index (χ0n) is 13.2. The standard InChI is InChI=1S/C16H21N5OS/c1-12-11-23-15(20-12)10-19-16(22)18-9-13-4-5-14(17-8-13)21-6-2-3-7-21/h4-5,8,11H,2-3,6-7,9-10H2,1H3,(H2,18,19,22).